The molecule has 2 aromatic carbocycles. The third kappa shape index (κ3) is 6.05. The summed E-state index contributed by atoms with van der Waals surface area (Å²) >= 11 is 0. The number of guanidine groups is 1. The number of aryl methyl sites for hydroxylation is 1. The monoisotopic (exact) mass is 414 g/mol. The molecule has 0 radical (unpaired) electrons. The van der Waals surface area contributed by atoms with Crippen LogP contribution in [0.4, 0.5) is 0 Å². The molecular formula is C22H30N4O2S. The van der Waals surface area contributed by atoms with E-state index < -0.39 is 10.0 Å². The van der Waals surface area contributed by atoms with E-state index in [1.54, 1.807) is 18.2 Å². The Labute approximate surface area is 173 Å². The Balaban J connectivity index is 1.40. The van der Waals surface area contributed by atoms with Crippen LogP contribution in [0.15, 0.2) is 64.5 Å². The zero-order valence-electron chi connectivity index (χ0n) is 16.9. The average molecular weight is 415 g/mol. The van der Waals surface area contributed by atoms with Gasteiger partial charge < -0.3 is 10.6 Å². The molecule has 1 saturated heterocycles. The van der Waals surface area contributed by atoms with Crippen LogP contribution in [0.25, 0.3) is 0 Å². The van der Waals surface area contributed by atoms with Crippen LogP contribution in [0.3, 0.4) is 0 Å². The van der Waals surface area contributed by atoms with Crippen molar-refractivity contribution in [1.82, 2.24) is 9.62 Å². The number of nitrogens with zero attached hydrogens (tertiary/aromatic N) is 2. The van der Waals surface area contributed by atoms with Gasteiger partial charge in [-0.2, -0.15) is 0 Å². The number of aliphatic imine (C=N–C) groups is 1. The maximum Gasteiger partial charge on any atom is 0.240 e. The molecule has 0 spiro atoms. The molecule has 2 aromatic rings. The molecule has 1 aliphatic heterocycles. The first-order valence-electron chi connectivity index (χ1n) is 10.1. The molecule has 0 bridgehead atoms. The standard InChI is InChI=1S/C22H30N4O2S/c1-18-7-5-10-21(17-18)29(27,28)25-14-6-13-24-22(23)26-15-11-20(12-16-26)19-8-3-2-4-9-19/h2-5,7-10,17,20,25H,6,11-16H2,1H3,(H2,23,24). The second-order valence-corrected chi connectivity index (χ2v) is 9.25. The van der Waals surface area contributed by atoms with E-state index in [1.807, 2.05) is 19.1 Å². The van der Waals surface area contributed by atoms with Crippen LogP contribution < -0.4 is 10.5 Å². The lowest BCUT2D eigenvalue weighted by Crippen LogP contribution is -2.42. The molecule has 3 rings (SSSR count). The molecule has 1 fully saturated rings. The first kappa shape index (κ1) is 21.3. The van der Waals surface area contributed by atoms with Crippen molar-refractivity contribution in [1.29, 1.82) is 0 Å². The lowest BCUT2D eigenvalue weighted by Gasteiger charge is -2.33. The van der Waals surface area contributed by atoms with Gasteiger partial charge in [0.05, 0.1) is 4.90 Å². The van der Waals surface area contributed by atoms with Crippen molar-refractivity contribution < 1.29 is 8.42 Å². The largest absolute Gasteiger partial charge is 0.370 e. The van der Waals surface area contributed by atoms with E-state index in [9.17, 15) is 8.42 Å². The van der Waals surface area contributed by atoms with Crippen LogP contribution in [-0.4, -0.2) is 45.5 Å². The topological polar surface area (TPSA) is 87.8 Å². The van der Waals surface area contributed by atoms with E-state index in [-0.39, 0.29) is 0 Å². The van der Waals surface area contributed by atoms with Crippen LogP contribution in [0.5, 0.6) is 0 Å². The molecule has 0 amide bonds. The number of rotatable bonds is 7. The van der Waals surface area contributed by atoms with E-state index in [4.69, 9.17) is 5.73 Å². The van der Waals surface area contributed by atoms with Crippen molar-refractivity contribution in [3.05, 3.63) is 65.7 Å². The van der Waals surface area contributed by atoms with E-state index >= 15 is 0 Å². The molecule has 29 heavy (non-hydrogen) atoms. The first-order valence-corrected chi connectivity index (χ1v) is 11.6. The zero-order valence-corrected chi connectivity index (χ0v) is 17.7. The van der Waals surface area contributed by atoms with Crippen molar-refractivity contribution in [3.8, 4) is 0 Å². The molecule has 156 valence electrons. The third-order valence-electron chi connectivity index (χ3n) is 5.29. The van der Waals surface area contributed by atoms with Gasteiger partial charge in [-0.1, -0.05) is 42.5 Å². The average Bonchev–Trinajstić information content (AvgIpc) is 2.74. The van der Waals surface area contributed by atoms with E-state index in [1.165, 1.54) is 5.56 Å². The molecule has 0 atom stereocenters. The molecule has 0 unspecified atom stereocenters. The van der Waals surface area contributed by atoms with Gasteiger partial charge in [0.1, 0.15) is 0 Å². The Morgan fingerprint density at radius 1 is 1.14 bits per heavy atom. The van der Waals surface area contributed by atoms with Crippen molar-refractivity contribution in [2.75, 3.05) is 26.2 Å². The van der Waals surface area contributed by atoms with Crippen molar-refractivity contribution in [3.63, 3.8) is 0 Å². The predicted octanol–water partition coefficient (Wildman–Crippen LogP) is 2.86. The molecule has 7 heteroatoms. The van der Waals surface area contributed by atoms with Gasteiger partial charge >= 0.3 is 0 Å². The predicted molar refractivity (Wildman–Crippen MR) is 117 cm³/mol. The second-order valence-electron chi connectivity index (χ2n) is 7.48. The molecule has 0 aliphatic carbocycles. The van der Waals surface area contributed by atoms with Crippen molar-refractivity contribution in [2.24, 2.45) is 10.7 Å². The Kier molecular flexibility index (Phi) is 7.28. The summed E-state index contributed by atoms with van der Waals surface area (Å²) in [4.78, 5) is 6.85. The smallest absolute Gasteiger partial charge is 0.240 e. The first-order chi connectivity index (χ1) is 14.0. The number of sulfonamides is 1. The summed E-state index contributed by atoms with van der Waals surface area (Å²) < 4.78 is 27.2. The SMILES string of the molecule is Cc1cccc(S(=O)(=O)NCCCN=C(N)N2CCC(c3ccccc3)CC2)c1. The number of nitrogens with two attached hydrogens (primary N) is 1. The highest BCUT2D eigenvalue weighted by molar-refractivity contribution is 7.89. The minimum Gasteiger partial charge on any atom is -0.370 e. The normalized spacial score (nSPS) is 16.2. The summed E-state index contributed by atoms with van der Waals surface area (Å²) in [6.45, 7) is 4.51. The summed E-state index contributed by atoms with van der Waals surface area (Å²) in [6.07, 6.45) is 2.74. The van der Waals surface area contributed by atoms with Gasteiger partial charge in [-0.3, -0.25) is 4.99 Å². The van der Waals surface area contributed by atoms with E-state index in [2.05, 4.69) is 38.9 Å². The number of hydrogen-bond acceptors (Lipinski definition) is 3. The van der Waals surface area contributed by atoms with Gasteiger partial charge in [0.15, 0.2) is 5.96 Å². The summed E-state index contributed by atoms with van der Waals surface area (Å²) in [7, 11) is -3.48. The van der Waals surface area contributed by atoms with Gasteiger partial charge in [-0.05, 0) is 55.4 Å². The van der Waals surface area contributed by atoms with Gasteiger partial charge in [-0.15, -0.1) is 0 Å². The Bertz CT molecular complexity index is 921. The van der Waals surface area contributed by atoms with Gasteiger partial charge in [0.25, 0.3) is 0 Å². The summed E-state index contributed by atoms with van der Waals surface area (Å²) in [6, 6.07) is 17.5. The molecule has 6 nitrogen and oxygen atoms in total. The minimum absolute atomic E-state index is 0.293. The molecule has 3 N–H and O–H groups in total. The van der Waals surface area contributed by atoms with Gasteiger partial charge in [0.2, 0.25) is 10.0 Å². The summed E-state index contributed by atoms with van der Waals surface area (Å²) in [5.41, 5.74) is 8.46. The maximum absolute atomic E-state index is 12.3. The molecule has 1 heterocycles. The van der Waals surface area contributed by atoms with E-state index in [0.29, 0.717) is 36.3 Å². The lowest BCUT2D eigenvalue weighted by molar-refractivity contribution is 0.309. The Hall–Kier alpha value is -2.38. The number of hydrogen-bond donors (Lipinski definition) is 2. The fraction of sp³-hybridized carbons (Fsp3) is 0.409. The third-order valence-corrected chi connectivity index (χ3v) is 6.75. The van der Waals surface area contributed by atoms with Crippen molar-refractivity contribution in [2.45, 2.75) is 37.0 Å². The van der Waals surface area contributed by atoms with Crippen LogP contribution in [0.2, 0.25) is 0 Å². The van der Waals surface area contributed by atoms with Crippen molar-refractivity contribution >= 4 is 16.0 Å². The number of benzene rings is 2. The van der Waals surface area contributed by atoms with Crippen LogP contribution in [0, 0.1) is 6.92 Å². The van der Waals surface area contributed by atoms with E-state index in [0.717, 1.165) is 31.5 Å². The van der Waals surface area contributed by atoms with Crippen LogP contribution >= 0.6 is 0 Å². The Morgan fingerprint density at radius 3 is 2.55 bits per heavy atom. The van der Waals surface area contributed by atoms with Crippen LogP contribution in [-0.2, 0) is 10.0 Å². The van der Waals surface area contributed by atoms with Gasteiger partial charge in [-0.25, -0.2) is 13.1 Å². The number of nitrogens with one attached hydrogen (secondary N) is 1. The van der Waals surface area contributed by atoms with Crippen LogP contribution in [0.1, 0.15) is 36.3 Å². The maximum atomic E-state index is 12.3. The molecular weight excluding hydrogens is 384 g/mol. The number of likely N-dealkylation sites (tertiary alicyclic amines) is 1. The molecule has 0 aromatic heterocycles. The number of piperidine rings is 1. The highest BCUT2D eigenvalue weighted by Gasteiger charge is 2.21. The minimum atomic E-state index is -3.48. The fourth-order valence-corrected chi connectivity index (χ4v) is 4.79. The summed E-state index contributed by atoms with van der Waals surface area (Å²) in [5, 5.41) is 0. The lowest BCUT2D eigenvalue weighted by atomic mass is 9.90. The quantitative estimate of drug-likeness (QED) is 0.414. The summed E-state index contributed by atoms with van der Waals surface area (Å²) in [5.74, 6) is 1.13. The second kappa shape index (κ2) is 9.89. The highest BCUT2D eigenvalue weighted by Crippen LogP contribution is 2.27. The highest BCUT2D eigenvalue weighted by atomic mass is 32.2. The zero-order chi connectivity index (χ0) is 20.7. The fourth-order valence-electron chi connectivity index (χ4n) is 3.61. The van der Waals surface area contributed by atoms with Gasteiger partial charge in [0, 0.05) is 26.2 Å². The Morgan fingerprint density at radius 2 is 1.86 bits per heavy atom. The molecule has 0 saturated carbocycles. The molecule has 1 aliphatic rings.